The van der Waals surface area contributed by atoms with E-state index in [0.717, 1.165) is 0 Å². The summed E-state index contributed by atoms with van der Waals surface area (Å²) in [6, 6.07) is 3.37. The Morgan fingerprint density at radius 1 is 1.41 bits per heavy atom. The molecule has 0 aromatic carbocycles. The van der Waals surface area contributed by atoms with Gasteiger partial charge in [0.15, 0.2) is 0 Å². The van der Waals surface area contributed by atoms with E-state index in [4.69, 9.17) is 4.42 Å². The smallest absolute Gasteiger partial charge is 0.373 e. The first-order valence-electron chi connectivity index (χ1n) is 5.47. The minimum Gasteiger partial charge on any atom is -0.463 e. The predicted octanol–water partition coefficient (Wildman–Crippen LogP) is 2.63. The molecule has 4 nitrogen and oxygen atoms in total. The summed E-state index contributed by atoms with van der Waals surface area (Å²) in [5, 5.41) is 9.61. The van der Waals surface area contributed by atoms with Crippen molar-refractivity contribution in [3.8, 4) is 0 Å². The summed E-state index contributed by atoms with van der Waals surface area (Å²) in [6.45, 7) is 5.69. The second kappa shape index (κ2) is 6.12. The zero-order valence-corrected chi connectivity index (χ0v) is 11.3. The lowest BCUT2D eigenvalue weighted by molar-refractivity contribution is 0.0563. The topological polar surface area (TPSA) is 59.7 Å². The summed E-state index contributed by atoms with van der Waals surface area (Å²) in [5.41, 5.74) is 0. The van der Waals surface area contributed by atoms with Gasteiger partial charge in [-0.05, 0) is 26.0 Å². The van der Waals surface area contributed by atoms with E-state index in [1.165, 1.54) is 7.11 Å². The summed E-state index contributed by atoms with van der Waals surface area (Å²) in [4.78, 5) is 11.2. The van der Waals surface area contributed by atoms with Crippen molar-refractivity contribution < 1.29 is 19.1 Å². The summed E-state index contributed by atoms with van der Waals surface area (Å²) in [7, 11) is 1.32. The molecule has 3 unspecified atom stereocenters. The van der Waals surface area contributed by atoms with Crippen molar-refractivity contribution >= 4 is 17.7 Å². The van der Waals surface area contributed by atoms with Crippen molar-refractivity contribution in [2.75, 3.05) is 7.11 Å². The molecule has 1 rings (SSSR count). The highest BCUT2D eigenvalue weighted by molar-refractivity contribution is 8.00. The Morgan fingerprint density at radius 3 is 2.59 bits per heavy atom. The number of carbonyl (C=O) groups is 1. The zero-order valence-electron chi connectivity index (χ0n) is 10.5. The van der Waals surface area contributed by atoms with E-state index in [-0.39, 0.29) is 22.4 Å². The van der Waals surface area contributed by atoms with E-state index in [1.807, 2.05) is 13.8 Å². The van der Waals surface area contributed by atoms with Crippen LogP contribution in [0.5, 0.6) is 0 Å². The highest BCUT2D eigenvalue weighted by atomic mass is 32.2. The van der Waals surface area contributed by atoms with Crippen LogP contribution in [-0.2, 0) is 4.74 Å². The minimum atomic E-state index is -0.475. The van der Waals surface area contributed by atoms with Crippen LogP contribution >= 0.6 is 11.8 Å². The molecule has 0 aliphatic rings. The van der Waals surface area contributed by atoms with Crippen LogP contribution < -0.4 is 0 Å². The lowest BCUT2D eigenvalue weighted by atomic mass is 10.3. The molecule has 0 spiro atoms. The highest BCUT2D eigenvalue weighted by Crippen LogP contribution is 2.33. The molecule has 0 aliphatic heterocycles. The van der Waals surface area contributed by atoms with Crippen LogP contribution in [0.15, 0.2) is 16.5 Å². The monoisotopic (exact) mass is 258 g/mol. The number of thioether (sulfide) groups is 1. The molecule has 1 aromatic heterocycles. The maximum Gasteiger partial charge on any atom is 0.373 e. The van der Waals surface area contributed by atoms with E-state index in [1.54, 1.807) is 30.8 Å². The van der Waals surface area contributed by atoms with E-state index < -0.39 is 5.97 Å². The van der Waals surface area contributed by atoms with Gasteiger partial charge in [0.2, 0.25) is 5.76 Å². The number of carbonyl (C=O) groups excluding carboxylic acids is 1. The molecule has 17 heavy (non-hydrogen) atoms. The van der Waals surface area contributed by atoms with Crippen LogP contribution in [0.3, 0.4) is 0 Å². The van der Waals surface area contributed by atoms with Crippen LogP contribution in [-0.4, -0.2) is 29.5 Å². The van der Waals surface area contributed by atoms with Gasteiger partial charge >= 0.3 is 5.97 Å². The third-order valence-electron chi connectivity index (χ3n) is 2.51. The predicted molar refractivity (Wildman–Crippen MR) is 67.2 cm³/mol. The van der Waals surface area contributed by atoms with E-state index in [9.17, 15) is 9.90 Å². The summed E-state index contributed by atoms with van der Waals surface area (Å²) < 4.78 is 9.97. The van der Waals surface area contributed by atoms with Gasteiger partial charge in [0.1, 0.15) is 5.76 Å². The molecule has 0 amide bonds. The molecule has 1 N–H and O–H groups in total. The first-order chi connectivity index (χ1) is 7.95. The molecule has 1 aromatic rings. The number of esters is 1. The molecular formula is C12H18O4S. The standard InChI is InChI=1S/C12H18O4S/c1-7(13)8(2)17-9(3)10-5-6-11(16-10)12(14)15-4/h5-9,13H,1-4H3. The number of aliphatic hydroxyl groups excluding tert-OH is 1. The first kappa shape index (κ1) is 14.1. The minimum absolute atomic E-state index is 0.0815. The fraction of sp³-hybridized carbons (Fsp3) is 0.583. The van der Waals surface area contributed by atoms with Crippen molar-refractivity contribution in [1.82, 2.24) is 0 Å². The molecule has 0 aliphatic carbocycles. The molecule has 96 valence electrons. The summed E-state index contributed by atoms with van der Waals surface area (Å²) in [6.07, 6.45) is -0.377. The SMILES string of the molecule is COC(=O)c1ccc(C(C)SC(C)C(C)O)o1. The van der Waals surface area contributed by atoms with Gasteiger partial charge in [-0.15, -0.1) is 11.8 Å². The van der Waals surface area contributed by atoms with Crippen LogP contribution in [0.4, 0.5) is 0 Å². The Hall–Kier alpha value is -0.940. The maximum atomic E-state index is 11.2. The molecule has 0 saturated carbocycles. The van der Waals surface area contributed by atoms with Crippen LogP contribution in [0.25, 0.3) is 0 Å². The first-order valence-corrected chi connectivity index (χ1v) is 6.41. The fourth-order valence-electron chi connectivity index (χ4n) is 1.28. The summed E-state index contributed by atoms with van der Waals surface area (Å²) >= 11 is 1.60. The molecule has 0 fully saturated rings. The van der Waals surface area contributed by atoms with Gasteiger partial charge in [-0.1, -0.05) is 6.92 Å². The second-order valence-electron chi connectivity index (χ2n) is 3.92. The molecule has 0 radical (unpaired) electrons. The van der Waals surface area contributed by atoms with Crippen LogP contribution in [0, 0.1) is 0 Å². The van der Waals surface area contributed by atoms with E-state index >= 15 is 0 Å². The van der Waals surface area contributed by atoms with Crippen molar-refractivity contribution in [2.45, 2.75) is 37.4 Å². The van der Waals surface area contributed by atoms with Gasteiger partial charge in [0, 0.05) is 5.25 Å². The van der Waals surface area contributed by atoms with Gasteiger partial charge in [-0.25, -0.2) is 4.79 Å². The molecular weight excluding hydrogens is 240 g/mol. The Kier molecular flexibility index (Phi) is 5.08. The zero-order chi connectivity index (χ0) is 13.0. The molecule has 3 atom stereocenters. The van der Waals surface area contributed by atoms with Gasteiger partial charge in [0.05, 0.1) is 18.5 Å². The Morgan fingerprint density at radius 2 is 2.06 bits per heavy atom. The van der Waals surface area contributed by atoms with Crippen LogP contribution in [0.1, 0.15) is 42.3 Å². The van der Waals surface area contributed by atoms with Crippen molar-refractivity contribution in [1.29, 1.82) is 0 Å². The van der Waals surface area contributed by atoms with Crippen LogP contribution in [0.2, 0.25) is 0 Å². The normalized spacial score (nSPS) is 16.3. The van der Waals surface area contributed by atoms with Gasteiger partial charge < -0.3 is 14.3 Å². The Labute approximate surface area is 105 Å². The van der Waals surface area contributed by atoms with Gasteiger partial charge in [-0.2, -0.15) is 0 Å². The van der Waals surface area contributed by atoms with Crippen molar-refractivity contribution in [3.05, 3.63) is 23.7 Å². The molecule has 0 saturated heterocycles. The number of hydrogen-bond donors (Lipinski definition) is 1. The average Bonchev–Trinajstić information content (AvgIpc) is 2.77. The number of hydrogen-bond acceptors (Lipinski definition) is 5. The number of methoxy groups -OCH3 is 1. The molecule has 0 bridgehead atoms. The Balaban J connectivity index is 2.66. The second-order valence-corrected chi connectivity index (χ2v) is 5.64. The maximum absolute atomic E-state index is 11.2. The largest absolute Gasteiger partial charge is 0.463 e. The number of aliphatic hydroxyl groups is 1. The quantitative estimate of drug-likeness (QED) is 0.823. The summed E-state index contributed by atoms with van der Waals surface area (Å²) in [5.74, 6) is 0.444. The molecule has 5 heteroatoms. The fourth-order valence-corrected chi connectivity index (χ4v) is 2.42. The number of rotatable bonds is 5. The third-order valence-corrected chi connectivity index (χ3v) is 3.98. The highest BCUT2D eigenvalue weighted by Gasteiger charge is 2.19. The van der Waals surface area contributed by atoms with Crippen molar-refractivity contribution in [2.24, 2.45) is 0 Å². The molecule has 1 heterocycles. The third kappa shape index (κ3) is 3.78. The lowest BCUT2D eigenvalue weighted by Gasteiger charge is -2.17. The van der Waals surface area contributed by atoms with Gasteiger partial charge in [-0.3, -0.25) is 0 Å². The number of furan rings is 1. The van der Waals surface area contributed by atoms with E-state index in [2.05, 4.69) is 4.74 Å². The average molecular weight is 258 g/mol. The Bertz CT molecular complexity index is 372. The number of ether oxygens (including phenoxy) is 1. The van der Waals surface area contributed by atoms with E-state index in [0.29, 0.717) is 5.76 Å². The lowest BCUT2D eigenvalue weighted by Crippen LogP contribution is -2.16. The van der Waals surface area contributed by atoms with Crippen molar-refractivity contribution in [3.63, 3.8) is 0 Å². The van der Waals surface area contributed by atoms with Gasteiger partial charge in [0.25, 0.3) is 0 Å².